The van der Waals surface area contributed by atoms with Crippen molar-refractivity contribution in [1.29, 1.82) is 0 Å². The Bertz CT molecular complexity index is 195. The Morgan fingerprint density at radius 1 is 1.43 bits per heavy atom. The molecule has 0 saturated carbocycles. The minimum atomic E-state index is 0.369. The lowest BCUT2D eigenvalue weighted by Crippen LogP contribution is -2.43. The van der Waals surface area contributed by atoms with Crippen LogP contribution >= 0.6 is 0 Å². The summed E-state index contributed by atoms with van der Waals surface area (Å²) in [5, 5.41) is 9.31. The minimum Gasteiger partial charge on any atom is -0.395 e. The van der Waals surface area contributed by atoms with Gasteiger partial charge in [-0.3, -0.25) is 4.90 Å². The van der Waals surface area contributed by atoms with Gasteiger partial charge >= 0.3 is 0 Å². The molecule has 2 aliphatic rings. The van der Waals surface area contributed by atoms with Crippen molar-refractivity contribution >= 4 is 0 Å². The molecule has 2 saturated heterocycles. The number of hydrogen-bond donors (Lipinski definition) is 1. The van der Waals surface area contributed by atoms with Crippen molar-refractivity contribution in [1.82, 2.24) is 4.90 Å². The molecule has 0 amide bonds. The van der Waals surface area contributed by atoms with Crippen LogP contribution in [-0.4, -0.2) is 34.7 Å². The van der Waals surface area contributed by atoms with Gasteiger partial charge in [-0.15, -0.1) is 0 Å². The van der Waals surface area contributed by atoms with Crippen molar-refractivity contribution in [3.63, 3.8) is 0 Å². The standard InChI is InChI=1S/C12H23NO/c1-2-3-6-12-7-4-9-13(12)11(10-14)5-8-12/h11,14H,2-10H2,1H3/t11?,12-/m0/s1. The third-order valence-electron chi connectivity index (χ3n) is 4.24. The van der Waals surface area contributed by atoms with E-state index in [1.54, 1.807) is 0 Å². The molecule has 0 aromatic rings. The first-order valence-electron chi connectivity index (χ1n) is 6.20. The Hall–Kier alpha value is -0.0800. The second-order valence-corrected chi connectivity index (χ2v) is 5.00. The lowest BCUT2D eigenvalue weighted by Gasteiger charge is -2.34. The summed E-state index contributed by atoms with van der Waals surface area (Å²) in [7, 11) is 0. The zero-order valence-electron chi connectivity index (χ0n) is 9.34. The summed E-state index contributed by atoms with van der Waals surface area (Å²) < 4.78 is 0. The van der Waals surface area contributed by atoms with E-state index in [1.807, 2.05) is 0 Å². The summed E-state index contributed by atoms with van der Waals surface area (Å²) in [6, 6.07) is 0.481. The van der Waals surface area contributed by atoms with Crippen LogP contribution in [0.5, 0.6) is 0 Å². The van der Waals surface area contributed by atoms with Gasteiger partial charge in [0.1, 0.15) is 0 Å². The number of unbranched alkanes of at least 4 members (excludes halogenated alkanes) is 1. The average Bonchev–Trinajstić information content (AvgIpc) is 2.72. The predicted octanol–water partition coefficient (Wildman–Crippen LogP) is 2.17. The van der Waals surface area contributed by atoms with Crippen molar-refractivity contribution < 1.29 is 5.11 Å². The Balaban J connectivity index is 2.02. The highest BCUT2D eigenvalue weighted by Crippen LogP contribution is 2.45. The first-order chi connectivity index (χ1) is 6.82. The van der Waals surface area contributed by atoms with Crippen molar-refractivity contribution in [3.05, 3.63) is 0 Å². The molecule has 2 fully saturated rings. The van der Waals surface area contributed by atoms with Crippen molar-refractivity contribution in [2.75, 3.05) is 13.2 Å². The van der Waals surface area contributed by atoms with Crippen LogP contribution in [0.4, 0.5) is 0 Å². The van der Waals surface area contributed by atoms with Gasteiger partial charge in [0.2, 0.25) is 0 Å². The molecule has 1 N–H and O–H groups in total. The van der Waals surface area contributed by atoms with Gasteiger partial charge in [0, 0.05) is 11.6 Å². The largest absolute Gasteiger partial charge is 0.395 e. The number of nitrogens with zero attached hydrogens (tertiary/aromatic N) is 1. The molecular formula is C12H23NO. The van der Waals surface area contributed by atoms with E-state index in [9.17, 15) is 5.11 Å². The summed E-state index contributed by atoms with van der Waals surface area (Å²) in [4.78, 5) is 2.61. The normalized spacial score (nSPS) is 37.7. The minimum absolute atomic E-state index is 0.369. The average molecular weight is 197 g/mol. The third-order valence-corrected chi connectivity index (χ3v) is 4.24. The van der Waals surface area contributed by atoms with E-state index in [0.29, 0.717) is 18.2 Å². The topological polar surface area (TPSA) is 23.5 Å². The summed E-state index contributed by atoms with van der Waals surface area (Å²) in [6.45, 7) is 3.87. The fourth-order valence-electron chi connectivity index (χ4n) is 3.48. The molecule has 0 spiro atoms. The predicted molar refractivity (Wildman–Crippen MR) is 58.3 cm³/mol. The van der Waals surface area contributed by atoms with Gasteiger partial charge < -0.3 is 5.11 Å². The van der Waals surface area contributed by atoms with Gasteiger partial charge in [-0.05, 0) is 38.6 Å². The van der Waals surface area contributed by atoms with Gasteiger partial charge in [-0.25, -0.2) is 0 Å². The zero-order chi connectivity index (χ0) is 10.0. The highest BCUT2D eigenvalue weighted by atomic mass is 16.3. The molecule has 2 atom stereocenters. The van der Waals surface area contributed by atoms with Gasteiger partial charge in [0.25, 0.3) is 0 Å². The maximum atomic E-state index is 9.31. The molecule has 0 radical (unpaired) electrons. The van der Waals surface area contributed by atoms with E-state index >= 15 is 0 Å². The summed E-state index contributed by atoms with van der Waals surface area (Å²) in [5.74, 6) is 0. The molecule has 2 heterocycles. The molecule has 0 bridgehead atoms. The molecule has 14 heavy (non-hydrogen) atoms. The lowest BCUT2D eigenvalue weighted by molar-refractivity contribution is 0.0984. The molecule has 0 aromatic carbocycles. The number of hydrogen-bond acceptors (Lipinski definition) is 2. The van der Waals surface area contributed by atoms with Crippen LogP contribution in [-0.2, 0) is 0 Å². The first kappa shape index (κ1) is 10.4. The Morgan fingerprint density at radius 2 is 2.29 bits per heavy atom. The number of aliphatic hydroxyl groups excluding tert-OH is 1. The fourth-order valence-corrected chi connectivity index (χ4v) is 3.48. The van der Waals surface area contributed by atoms with E-state index in [4.69, 9.17) is 0 Å². The molecule has 2 rings (SSSR count). The first-order valence-corrected chi connectivity index (χ1v) is 6.20. The molecule has 82 valence electrons. The monoisotopic (exact) mass is 197 g/mol. The number of aliphatic hydroxyl groups is 1. The Morgan fingerprint density at radius 3 is 3.00 bits per heavy atom. The molecule has 0 aromatic heterocycles. The van der Waals surface area contributed by atoms with Gasteiger partial charge in [0.05, 0.1) is 6.61 Å². The Kier molecular flexibility index (Phi) is 3.13. The maximum Gasteiger partial charge on any atom is 0.0587 e. The van der Waals surface area contributed by atoms with Crippen LogP contribution in [0.3, 0.4) is 0 Å². The molecular weight excluding hydrogens is 174 g/mol. The summed E-state index contributed by atoms with van der Waals surface area (Å²) in [5.41, 5.74) is 0.503. The van der Waals surface area contributed by atoms with E-state index in [0.717, 1.165) is 0 Å². The molecule has 2 nitrogen and oxygen atoms in total. The molecule has 0 aliphatic carbocycles. The number of fused-ring (bicyclic) bond motifs is 1. The highest BCUT2D eigenvalue weighted by Gasteiger charge is 2.47. The summed E-state index contributed by atoms with van der Waals surface area (Å²) >= 11 is 0. The van der Waals surface area contributed by atoms with Crippen LogP contribution in [0.15, 0.2) is 0 Å². The van der Waals surface area contributed by atoms with E-state index in [1.165, 1.54) is 51.5 Å². The van der Waals surface area contributed by atoms with E-state index in [-0.39, 0.29) is 0 Å². The quantitative estimate of drug-likeness (QED) is 0.746. The fraction of sp³-hybridized carbons (Fsp3) is 1.00. The third kappa shape index (κ3) is 1.59. The van der Waals surface area contributed by atoms with E-state index in [2.05, 4.69) is 11.8 Å². The van der Waals surface area contributed by atoms with Crippen LogP contribution < -0.4 is 0 Å². The van der Waals surface area contributed by atoms with Crippen LogP contribution in [0, 0.1) is 0 Å². The van der Waals surface area contributed by atoms with Crippen molar-refractivity contribution in [2.24, 2.45) is 0 Å². The second kappa shape index (κ2) is 4.19. The van der Waals surface area contributed by atoms with Crippen LogP contribution in [0.2, 0.25) is 0 Å². The van der Waals surface area contributed by atoms with Gasteiger partial charge in [-0.1, -0.05) is 19.8 Å². The lowest BCUT2D eigenvalue weighted by atomic mass is 9.88. The van der Waals surface area contributed by atoms with Crippen molar-refractivity contribution in [2.45, 2.75) is 63.5 Å². The van der Waals surface area contributed by atoms with E-state index < -0.39 is 0 Å². The SMILES string of the molecule is CCCC[C@@]12CCCN1C(CO)CC2. The van der Waals surface area contributed by atoms with Gasteiger partial charge in [0.15, 0.2) is 0 Å². The van der Waals surface area contributed by atoms with Crippen molar-refractivity contribution in [3.8, 4) is 0 Å². The second-order valence-electron chi connectivity index (χ2n) is 5.00. The Labute approximate surface area is 87.3 Å². The molecule has 2 aliphatic heterocycles. The highest BCUT2D eigenvalue weighted by molar-refractivity contribution is 5.03. The van der Waals surface area contributed by atoms with Gasteiger partial charge in [-0.2, -0.15) is 0 Å². The summed E-state index contributed by atoms with van der Waals surface area (Å²) in [6.07, 6.45) is 9.30. The smallest absolute Gasteiger partial charge is 0.0587 e. The number of rotatable bonds is 4. The maximum absolute atomic E-state index is 9.31. The molecule has 2 heteroatoms. The molecule has 1 unspecified atom stereocenters. The van der Waals surface area contributed by atoms with Crippen LogP contribution in [0.25, 0.3) is 0 Å². The van der Waals surface area contributed by atoms with Crippen LogP contribution in [0.1, 0.15) is 51.9 Å². The zero-order valence-corrected chi connectivity index (χ0v) is 9.34.